The third-order valence-electron chi connectivity index (χ3n) is 6.28. The van der Waals surface area contributed by atoms with Crippen LogP contribution in [-0.2, 0) is 0 Å². The monoisotopic (exact) mass is 404 g/mol. The summed E-state index contributed by atoms with van der Waals surface area (Å²) in [6, 6.07) is 19.3. The van der Waals surface area contributed by atoms with Crippen LogP contribution in [0.25, 0.3) is 11.1 Å². The van der Waals surface area contributed by atoms with Gasteiger partial charge in [0.1, 0.15) is 0 Å². The summed E-state index contributed by atoms with van der Waals surface area (Å²) in [7, 11) is 0. The van der Waals surface area contributed by atoms with E-state index < -0.39 is 0 Å². The summed E-state index contributed by atoms with van der Waals surface area (Å²) in [5.41, 5.74) is 4.43. The van der Waals surface area contributed by atoms with Crippen molar-refractivity contribution in [2.75, 3.05) is 31.1 Å². The van der Waals surface area contributed by atoms with Crippen LogP contribution in [0.15, 0.2) is 60.0 Å². The molecule has 6 heteroatoms. The topological polar surface area (TPSA) is 49.3 Å². The number of amides is 1. The molecule has 0 unspecified atom stereocenters. The average molecular weight is 405 g/mol. The number of hydrogen-bond acceptors (Lipinski definition) is 5. The number of carbonyl (C=O) groups excluding carboxylic acids is 1. The van der Waals surface area contributed by atoms with Gasteiger partial charge in [-0.2, -0.15) is 0 Å². The number of piperidine rings is 1. The molecule has 29 heavy (non-hydrogen) atoms. The molecule has 5 rings (SSSR count). The fourth-order valence-electron chi connectivity index (χ4n) is 4.80. The quantitative estimate of drug-likeness (QED) is 0.652. The minimum atomic E-state index is 0.0300. The van der Waals surface area contributed by atoms with Crippen LogP contribution in [0.2, 0.25) is 0 Å². The normalized spacial score (nSPS) is 21.7. The van der Waals surface area contributed by atoms with Crippen molar-refractivity contribution in [2.24, 2.45) is 5.41 Å². The number of hydrogen-bond donors (Lipinski definition) is 0. The van der Waals surface area contributed by atoms with Gasteiger partial charge in [0.25, 0.3) is 5.91 Å². The number of likely N-dealkylation sites (tertiary alicyclic amines) is 1. The highest BCUT2D eigenvalue weighted by atomic mass is 32.1. The second kappa shape index (κ2) is 7.59. The molecule has 148 valence electrons. The summed E-state index contributed by atoms with van der Waals surface area (Å²) >= 11 is 1.24. The Labute approximate surface area is 175 Å². The lowest BCUT2D eigenvalue weighted by atomic mass is 9.79. The van der Waals surface area contributed by atoms with Crippen LogP contribution >= 0.6 is 11.5 Å². The highest BCUT2D eigenvalue weighted by Crippen LogP contribution is 2.41. The number of carbonyl (C=O) groups is 1. The molecule has 0 bridgehead atoms. The summed E-state index contributed by atoms with van der Waals surface area (Å²) in [5, 5.41) is 5.72. The van der Waals surface area contributed by atoms with Gasteiger partial charge in [-0.3, -0.25) is 4.79 Å². The van der Waals surface area contributed by atoms with Crippen LogP contribution < -0.4 is 4.90 Å². The predicted octanol–water partition coefficient (Wildman–Crippen LogP) is 4.34. The van der Waals surface area contributed by atoms with Gasteiger partial charge in [-0.25, -0.2) is 0 Å². The van der Waals surface area contributed by atoms with Crippen LogP contribution in [0.3, 0.4) is 0 Å². The van der Waals surface area contributed by atoms with Crippen molar-refractivity contribution in [3.8, 4) is 11.1 Å². The molecule has 1 aromatic heterocycles. The highest BCUT2D eigenvalue weighted by molar-refractivity contribution is 7.03. The first-order chi connectivity index (χ1) is 14.2. The molecule has 1 amide bonds. The largest absolute Gasteiger partial charge is 0.371 e. The fraction of sp³-hybridized carbons (Fsp3) is 0.348. The van der Waals surface area contributed by atoms with Gasteiger partial charge >= 0.3 is 0 Å². The van der Waals surface area contributed by atoms with E-state index in [1.54, 1.807) is 5.38 Å². The van der Waals surface area contributed by atoms with Gasteiger partial charge in [-0.05, 0) is 54.1 Å². The van der Waals surface area contributed by atoms with Crippen molar-refractivity contribution < 1.29 is 4.79 Å². The molecule has 2 aromatic carbocycles. The van der Waals surface area contributed by atoms with Crippen molar-refractivity contribution in [3.05, 3.63) is 65.7 Å². The summed E-state index contributed by atoms with van der Waals surface area (Å²) in [4.78, 5) is 17.3. The smallest absolute Gasteiger partial charge is 0.275 e. The molecule has 2 aliphatic heterocycles. The number of benzene rings is 2. The lowest BCUT2D eigenvalue weighted by molar-refractivity contribution is 0.0551. The molecule has 0 aliphatic carbocycles. The van der Waals surface area contributed by atoms with E-state index in [4.69, 9.17) is 0 Å². The van der Waals surface area contributed by atoms with E-state index in [2.05, 4.69) is 69.1 Å². The minimum absolute atomic E-state index is 0.0300. The summed E-state index contributed by atoms with van der Waals surface area (Å²) in [5.74, 6) is 0.0300. The van der Waals surface area contributed by atoms with Gasteiger partial charge in [0, 0.05) is 42.7 Å². The van der Waals surface area contributed by atoms with E-state index in [-0.39, 0.29) is 11.3 Å². The molecule has 1 spiro atoms. The minimum Gasteiger partial charge on any atom is -0.371 e. The zero-order valence-electron chi connectivity index (χ0n) is 16.3. The Kier molecular flexibility index (Phi) is 4.79. The molecule has 1 atom stereocenters. The van der Waals surface area contributed by atoms with Crippen molar-refractivity contribution in [1.82, 2.24) is 14.5 Å². The van der Waals surface area contributed by atoms with E-state index in [1.165, 1.54) is 34.8 Å². The Morgan fingerprint density at radius 1 is 0.966 bits per heavy atom. The van der Waals surface area contributed by atoms with Crippen LogP contribution in [0.4, 0.5) is 5.69 Å². The second-order valence-corrected chi connectivity index (χ2v) is 8.82. The molecule has 0 saturated carbocycles. The molecule has 3 heterocycles. The van der Waals surface area contributed by atoms with Crippen molar-refractivity contribution in [1.29, 1.82) is 0 Å². The molecule has 3 aromatic rings. The van der Waals surface area contributed by atoms with Gasteiger partial charge < -0.3 is 9.80 Å². The van der Waals surface area contributed by atoms with Crippen LogP contribution in [0.5, 0.6) is 0 Å². The van der Waals surface area contributed by atoms with Crippen molar-refractivity contribution >= 4 is 23.1 Å². The number of anilines is 1. The SMILES string of the molecule is O=C(c1csnn1)N1CCC[C@@]2(CCN(c3cccc(-c4ccccc4)c3)C2)C1. The van der Waals surface area contributed by atoms with Crippen LogP contribution in [0.1, 0.15) is 29.8 Å². The van der Waals surface area contributed by atoms with Crippen molar-refractivity contribution in [3.63, 3.8) is 0 Å². The van der Waals surface area contributed by atoms with Crippen molar-refractivity contribution in [2.45, 2.75) is 19.3 Å². The van der Waals surface area contributed by atoms with E-state index in [0.717, 1.165) is 39.0 Å². The molecule has 5 nitrogen and oxygen atoms in total. The van der Waals surface area contributed by atoms with Gasteiger partial charge in [-0.1, -0.05) is 47.0 Å². The second-order valence-electron chi connectivity index (χ2n) is 8.21. The first-order valence-electron chi connectivity index (χ1n) is 10.2. The van der Waals surface area contributed by atoms with Gasteiger partial charge in [-0.15, -0.1) is 5.10 Å². The van der Waals surface area contributed by atoms with Crippen LogP contribution in [0, 0.1) is 5.41 Å². The van der Waals surface area contributed by atoms with Gasteiger partial charge in [0.15, 0.2) is 5.69 Å². The number of rotatable bonds is 3. The first kappa shape index (κ1) is 18.3. The zero-order valence-corrected chi connectivity index (χ0v) is 17.1. The molecule has 0 N–H and O–H groups in total. The molecule has 2 saturated heterocycles. The van der Waals surface area contributed by atoms with E-state index in [9.17, 15) is 4.79 Å². The molecular formula is C23H24N4OS. The van der Waals surface area contributed by atoms with Gasteiger partial charge in [0.05, 0.1) is 0 Å². The van der Waals surface area contributed by atoms with Crippen LogP contribution in [-0.4, -0.2) is 46.6 Å². The summed E-state index contributed by atoms with van der Waals surface area (Å²) in [6.07, 6.45) is 3.36. The molecular weight excluding hydrogens is 380 g/mol. The predicted molar refractivity (Wildman–Crippen MR) is 116 cm³/mol. The third kappa shape index (κ3) is 3.65. The fourth-order valence-corrected chi connectivity index (χ4v) is 5.23. The third-order valence-corrected chi connectivity index (χ3v) is 6.79. The van der Waals surface area contributed by atoms with E-state index >= 15 is 0 Å². The number of aromatic nitrogens is 2. The highest BCUT2D eigenvalue weighted by Gasteiger charge is 2.43. The Morgan fingerprint density at radius 2 is 1.83 bits per heavy atom. The molecule has 0 radical (unpaired) electrons. The zero-order chi connectivity index (χ0) is 19.7. The Bertz CT molecular complexity index is 991. The van der Waals surface area contributed by atoms with E-state index in [1.807, 2.05) is 4.90 Å². The average Bonchev–Trinajstić information content (AvgIpc) is 3.45. The Balaban J connectivity index is 1.33. The maximum Gasteiger partial charge on any atom is 0.275 e. The molecule has 2 fully saturated rings. The lowest BCUT2D eigenvalue weighted by Gasteiger charge is -2.40. The Hall–Kier alpha value is -2.73. The van der Waals surface area contributed by atoms with E-state index in [0.29, 0.717) is 5.69 Å². The molecule has 2 aliphatic rings. The maximum atomic E-state index is 12.8. The first-order valence-corrected chi connectivity index (χ1v) is 11.0. The number of nitrogens with zero attached hydrogens (tertiary/aromatic N) is 4. The van der Waals surface area contributed by atoms with Gasteiger partial charge in [0.2, 0.25) is 0 Å². The summed E-state index contributed by atoms with van der Waals surface area (Å²) < 4.78 is 3.85. The Morgan fingerprint density at radius 3 is 2.66 bits per heavy atom. The standard InChI is InChI=1S/C23H24N4OS/c28-22(21-15-29-25-24-21)27-12-5-10-23(17-27)11-13-26(16-23)20-9-4-8-19(14-20)18-6-2-1-3-7-18/h1-4,6-9,14-15H,5,10-13,16-17H2/t23-/m0/s1. The maximum absolute atomic E-state index is 12.8. The lowest BCUT2D eigenvalue weighted by Crippen LogP contribution is -2.47. The summed E-state index contributed by atoms with van der Waals surface area (Å²) in [6.45, 7) is 3.68.